The molecular formula is C33H30Cl4N2O6. The van der Waals surface area contributed by atoms with E-state index in [0.29, 0.717) is 29.2 Å². The average Bonchev–Trinajstić information content (AvgIpc) is 2.99. The first-order valence-electron chi connectivity index (χ1n) is 14.1. The van der Waals surface area contributed by atoms with Gasteiger partial charge in [0.2, 0.25) is 6.29 Å². The summed E-state index contributed by atoms with van der Waals surface area (Å²) in [6.07, 6.45) is 3.40. The minimum absolute atomic E-state index is 0.0895. The summed E-state index contributed by atoms with van der Waals surface area (Å²) in [6, 6.07) is 19.2. The van der Waals surface area contributed by atoms with Gasteiger partial charge in [0.1, 0.15) is 0 Å². The number of carboxylic acid groups (broad SMARTS) is 2. The van der Waals surface area contributed by atoms with Crippen molar-refractivity contribution < 1.29 is 29.3 Å². The first kappa shape index (κ1) is 34.1. The van der Waals surface area contributed by atoms with Gasteiger partial charge >= 0.3 is 11.9 Å². The van der Waals surface area contributed by atoms with E-state index in [4.69, 9.17) is 55.9 Å². The Hall–Kier alpha value is -3.82. The summed E-state index contributed by atoms with van der Waals surface area (Å²) in [5, 5.41) is 25.8. The van der Waals surface area contributed by atoms with Crippen LogP contribution in [0.4, 0.5) is 22.7 Å². The molecule has 0 unspecified atom stereocenters. The maximum Gasteiger partial charge on any atom is 0.337 e. The van der Waals surface area contributed by atoms with E-state index in [2.05, 4.69) is 17.6 Å². The van der Waals surface area contributed by atoms with Crippen molar-refractivity contribution >= 4 is 81.1 Å². The number of hydrogen-bond acceptors (Lipinski definition) is 6. The molecule has 12 heteroatoms. The maximum atomic E-state index is 11.6. The Balaban J connectivity index is 1.57. The van der Waals surface area contributed by atoms with E-state index in [0.717, 1.165) is 25.7 Å². The molecule has 8 nitrogen and oxygen atoms in total. The van der Waals surface area contributed by atoms with Gasteiger partial charge in [-0.25, -0.2) is 9.59 Å². The third-order valence-electron chi connectivity index (χ3n) is 6.66. The van der Waals surface area contributed by atoms with E-state index in [1.807, 2.05) is 0 Å². The standard InChI is InChI=1S/C33H30Cl4N2O6/c1-2-3-4-5-14-29(44-30-23(34)15-19(16-24(30)35)38-27-12-8-6-10-21(27)32(40)41)45-31-25(36)17-20(18-26(31)37)39-28-13-9-7-11-22(28)33(42)43/h6-13,15-18,29,38-39H,2-5,14H2,1H3,(H,40,41)(H,42,43). The lowest BCUT2D eigenvalue weighted by Gasteiger charge is -2.24. The van der Waals surface area contributed by atoms with Crippen LogP contribution in [-0.2, 0) is 0 Å². The van der Waals surface area contributed by atoms with Gasteiger partial charge in [0, 0.05) is 17.8 Å². The lowest BCUT2D eigenvalue weighted by molar-refractivity contribution is -0.00216. The normalized spacial score (nSPS) is 10.9. The molecule has 0 aliphatic rings. The summed E-state index contributed by atoms with van der Waals surface area (Å²) in [6.45, 7) is 2.11. The van der Waals surface area contributed by atoms with E-state index < -0.39 is 18.2 Å². The number of anilines is 4. The van der Waals surface area contributed by atoms with Crippen LogP contribution >= 0.6 is 46.4 Å². The highest BCUT2D eigenvalue weighted by Crippen LogP contribution is 2.41. The number of carboxylic acids is 2. The lowest BCUT2D eigenvalue weighted by atomic mass is 10.1. The van der Waals surface area contributed by atoms with Crippen LogP contribution in [0, 0.1) is 0 Å². The molecule has 0 aliphatic carbocycles. The predicted octanol–water partition coefficient (Wildman–Crippen LogP) is 10.9. The topological polar surface area (TPSA) is 117 Å². The first-order valence-corrected chi connectivity index (χ1v) is 15.6. The van der Waals surface area contributed by atoms with Gasteiger partial charge < -0.3 is 30.3 Å². The van der Waals surface area contributed by atoms with Gasteiger partial charge in [-0.2, -0.15) is 0 Å². The summed E-state index contributed by atoms with van der Waals surface area (Å²) in [4.78, 5) is 23.2. The third kappa shape index (κ3) is 9.11. The highest BCUT2D eigenvalue weighted by molar-refractivity contribution is 6.38. The summed E-state index contributed by atoms with van der Waals surface area (Å²) in [5.41, 5.74) is 1.85. The van der Waals surface area contributed by atoms with Crippen LogP contribution in [0.3, 0.4) is 0 Å². The van der Waals surface area contributed by atoms with E-state index in [1.54, 1.807) is 60.7 Å². The van der Waals surface area contributed by atoms with Crippen molar-refractivity contribution in [3.8, 4) is 11.5 Å². The number of benzene rings is 4. The summed E-state index contributed by atoms with van der Waals surface area (Å²) < 4.78 is 12.4. The minimum atomic E-state index is -1.08. The van der Waals surface area contributed by atoms with E-state index in [9.17, 15) is 19.8 Å². The van der Waals surface area contributed by atoms with Crippen LogP contribution in [0.1, 0.15) is 59.7 Å². The molecule has 0 bridgehead atoms. The van der Waals surface area contributed by atoms with Crippen molar-refractivity contribution in [1.29, 1.82) is 0 Å². The highest BCUT2D eigenvalue weighted by Gasteiger charge is 2.22. The molecule has 45 heavy (non-hydrogen) atoms. The van der Waals surface area contributed by atoms with Crippen LogP contribution in [0.2, 0.25) is 20.1 Å². The monoisotopic (exact) mass is 690 g/mol. The zero-order valence-corrected chi connectivity index (χ0v) is 27.1. The molecule has 4 aromatic carbocycles. The van der Waals surface area contributed by atoms with Gasteiger partial charge in [0.05, 0.1) is 42.6 Å². The Labute approximate surface area is 280 Å². The Morgan fingerprint density at radius 2 is 1.07 bits per heavy atom. The first-order chi connectivity index (χ1) is 21.6. The van der Waals surface area contributed by atoms with Crippen molar-refractivity contribution in [1.82, 2.24) is 0 Å². The van der Waals surface area contributed by atoms with Crippen molar-refractivity contribution in [3.05, 3.63) is 104 Å². The molecule has 0 heterocycles. The molecule has 0 spiro atoms. The number of aromatic carboxylic acids is 2. The number of nitrogens with one attached hydrogen (secondary N) is 2. The smallest absolute Gasteiger partial charge is 0.337 e. The molecule has 0 atom stereocenters. The Morgan fingerprint density at radius 3 is 1.44 bits per heavy atom. The second-order valence-electron chi connectivity index (χ2n) is 10.0. The number of hydrogen-bond donors (Lipinski definition) is 4. The van der Waals surface area contributed by atoms with Crippen molar-refractivity contribution in [2.45, 2.75) is 45.3 Å². The second kappa shape index (κ2) is 16.0. The number of unbranched alkanes of at least 4 members (excludes halogenated alkanes) is 3. The van der Waals surface area contributed by atoms with Crippen LogP contribution in [0.15, 0.2) is 72.8 Å². The molecule has 0 fully saturated rings. The SMILES string of the molecule is CCCCCCC(Oc1c(Cl)cc(Nc2ccccc2C(=O)O)cc1Cl)Oc1c(Cl)cc(Nc2ccccc2C(=O)O)cc1Cl. The van der Waals surface area contributed by atoms with E-state index in [-0.39, 0.29) is 42.7 Å². The van der Waals surface area contributed by atoms with Crippen molar-refractivity contribution in [2.75, 3.05) is 10.6 Å². The quantitative estimate of drug-likeness (QED) is 0.0718. The Bertz CT molecular complexity index is 1520. The number of carbonyl (C=O) groups is 2. The Kier molecular flexibility index (Phi) is 12.1. The molecule has 0 saturated carbocycles. The fourth-order valence-corrected chi connectivity index (χ4v) is 5.65. The Morgan fingerprint density at radius 1 is 0.667 bits per heavy atom. The lowest BCUT2D eigenvalue weighted by Crippen LogP contribution is -2.24. The zero-order valence-electron chi connectivity index (χ0n) is 24.1. The number of halogens is 4. The molecule has 0 amide bonds. The molecule has 0 aliphatic heterocycles. The van der Waals surface area contributed by atoms with Gasteiger partial charge in [0.15, 0.2) is 11.5 Å². The molecule has 0 saturated heterocycles. The highest BCUT2D eigenvalue weighted by atomic mass is 35.5. The van der Waals surface area contributed by atoms with Crippen LogP contribution in [0.5, 0.6) is 11.5 Å². The molecule has 0 radical (unpaired) electrons. The van der Waals surface area contributed by atoms with E-state index >= 15 is 0 Å². The van der Waals surface area contributed by atoms with Gasteiger partial charge in [-0.1, -0.05) is 96.9 Å². The number of ether oxygens (including phenoxy) is 2. The molecule has 4 aromatic rings. The van der Waals surface area contributed by atoms with Gasteiger partial charge in [-0.15, -0.1) is 0 Å². The van der Waals surface area contributed by atoms with Crippen LogP contribution < -0.4 is 20.1 Å². The fourth-order valence-electron chi connectivity index (χ4n) is 4.50. The molecular weight excluding hydrogens is 662 g/mol. The molecule has 4 rings (SSSR count). The summed E-state index contributed by atoms with van der Waals surface area (Å²) in [5.74, 6) is -1.81. The average molecular weight is 692 g/mol. The molecule has 236 valence electrons. The predicted molar refractivity (Wildman–Crippen MR) is 180 cm³/mol. The molecule has 4 N–H and O–H groups in total. The molecule has 0 aromatic heterocycles. The van der Waals surface area contributed by atoms with Crippen LogP contribution in [0.25, 0.3) is 0 Å². The van der Waals surface area contributed by atoms with E-state index in [1.165, 1.54) is 12.1 Å². The van der Waals surface area contributed by atoms with Gasteiger partial charge in [-0.05, 0) is 55.0 Å². The van der Waals surface area contributed by atoms with Gasteiger partial charge in [-0.3, -0.25) is 0 Å². The maximum absolute atomic E-state index is 11.6. The van der Waals surface area contributed by atoms with Crippen molar-refractivity contribution in [2.24, 2.45) is 0 Å². The fraction of sp³-hybridized carbons (Fsp3) is 0.212. The number of rotatable bonds is 15. The van der Waals surface area contributed by atoms with Crippen LogP contribution in [-0.4, -0.2) is 28.4 Å². The third-order valence-corrected chi connectivity index (χ3v) is 7.78. The summed E-state index contributed by atoms with van der Waals surface area (Å²) >= 11 is 26.4. The second-order valence-corrected chi connectivity index (χ2v) is 11.6. The zero-order chi connectivity index (χ0) is 32.5. The number of para-hydroxylation sites is 2. The largest absolute Gasteiger partial charge is 0.478 e. The summed E-state index contributed by atoms with van der Waals surface area (Å²) in [7, 11) is 0. The van der Waals surface area contributed by atoms with Gasteiger partial charge in [0.25, 0.3) is 0 Å². The van der Waals surface area contributed by atoms with Crippen molar-refractivity contribution in [3.63, 3.8) is 0 Å². The minimum Gasteiger partial charge on any atom is -0.478 e.